The van der Waals surface area contributed by atoms with Crippen molar-refractivity contribution in [3.8, 4) is 0 Å². The molecule has 0 saturated carbocycles. The molecule has 7 heteroatoms. The average molecular weight is 372 g/mol. The van der Waals surface area contributed by atoms with Gasteiger partial charge in [-0.1, -0.05) is 31.5 Å². The van der Waals surface area contributed by atoms with Gasteiger partial charge < -0.3 is 4.90 Å². The maximum absolute atomic E-state index is 12.9. The van der Waals surface area contributed by atoms with Gasteiger partial charge in [-0.3, -0.25) is 4.79 Å². The lowest BCUT2D eigenvalue weighted by Crippen LogP contribution is -2.56. The van der Waals surface area contributed by atoms with Gasteiger partial charge in [0.1, 0.15) is 5.71 Å². The molecule has 6 nitrogen and oxygen atoms in total. The molecule has 0 bridgehead atoms. The molecule has 3 rings (SSSR count). The Morgan fingerprint density at radius 2 is 2.00 bits per heavy atom. The highest BCUT2D eigenvalue weighted by Gasteiger charge is 2.49. The number of imide groups is 1. The summed E-state index contributed by atoms with van der Waals surface area (Å²) in [6, 6.07) is 8.88. The van der Waals surface area contributed by atoms with Gasteiger partial charge in [0.25, 0.3) is 5.91 Å². The predicted molar refractivity (Wildman–Crippen MR) is 103 cm³/mol. The monoisotopic (exact) mass is 372 g/mol. The Morgan fingerprint density at radius 1 is 1.27 bits per heavy atom. The first-order valence-corrected chi connectivity index (χ1v) is 9.62. The predicted octanol–water partition coefficient (Wildman–Crippen LogP) is 2.49. The lowest BCUT2D eigenvalue weighted by Gasteiger charge is -2.25. The third-order valence-corrected chi connectivity index (χ3v) is 5.54. The first-order valence-electron chi connectivity index (χ1n) is 8.68. The number of fused-ring (bicyclic) bond motifs is 1. The molecular formula is C19H22N3O3S+. The third-order valence-electron chi connectivity index (χ3n) is 4.53. The van der Waals surface area contributed by atoms with Crippen molar-refractivity contribution in [3.63, 3.8) is 0 Å². The van der Waals surface area contributed by atoms with E-state index in [-0.39, 0.29) is 18.4 Å². The molecule has 4 amide bonds. The summed E-state index contributed by atoms with van der Waals surface area (Å²) in [5.74, 6) is -0.389. The van der Waals surface area contributed by atoms with E-state index >= 15 is 0 Å². The van der Waals surface area contributed by atoms with Crippen molar-refractivity contribution < 1.29 is 19.0 Å². The van der Waals surface area contributed by atoms with E-state index in [4.69, 9.17) is 0 Å². The number of amides is 4. The molecule has 1 unspecified atom stereocenters. The molecule has 0 radical (unpaired) electrons. The largest absolute Gasteiger partial charge is 0.501 e. The fourth-order valence-electron chi connectivity index (χ4n) is 2.97. The van der Waals surface area contributed by atoms with Crippen LogP contribution in [0.25, 0.3) is 0 Å². The summed E-state index contributed by atoms with van der Waals surface area (Å²) in [5, 5.41) is 1.38. The number of carbonyl (C=O) groups excluding carboxylic acids is 3. The quantitative estimate of drug-likeness (QED) is 0.720. The molecule has 2 heterocycles. The Hall–Kier alpha value is -2.41. The summed E-state index contributed by atoms with van der Waals surface area (Å²) < 4.78 is 1.44. The number of anilines is 1. The lowest BCUT2D eigenvalue weighted by atomic mass is 10.1. The number of likely N-dealkylation sites (N-methyl/N-ethyl adjacent to an activating group) is 1. The first kappa shape index (κ1) is 18.4. The topological polar surface area (TPSA) is 60.7 Å². The Labute approximate surface area is 157 Å². The maximum Gasteiger partial charge on any atom is 0.501 e. The molecule has 0 saturated heterocycles. The minimum atomic E-state index is -0.431. The van der Waals surface area contributed by atoms with Crippen molar-refractivity contribution in [2.75, 3.05) is 25.0 Å². The molecule has 136 valence electrons. The van der Waals surface area contributed by atoms with Gasteiger partial charge in [0.15, 0.2) is 11.8 Å². The summed E-state index contributed by atoms with van der Waals surface area (Å²) in [6.07, 6.45) is 3.40. The standard InChI is InChI=1S/C19H22N3O3S/c1-3-4-11-21-18(24)17-15(10-12-26-17)22(19(21)25)13-16(23)20(2)14-8-6-5-7-9-14/h5-10,12,17H,3-4,11,13H2,1-2H3/q+1. The number of unbranched alkanes of at least 4 members (excludes halogenated alkanes) is 1. The fourth-order valence-corrected chi connectivity index (χ4v) is 3.93. The number of carbonyl (C=O) groups is 3. The van der Waals surface area contributed by atoms with E-state index in [2.05, 4.69) is 0 Å². The number of para-hydroxylation sites is 1. The summed E-state index contributed by atoms with van der Waals surface area (Å²) in [5.41, 5.74) is 1.37. The molecule has 2 aliphatic heterocycles. The summed E-state index contributed by atoms with van der Waals surface area (Å²) in [4.78, 5) is 41.0. The molecule has 0 spiro atoms. The van der Waals surface area contributed by atoms with Gasteiger partial charge in [0, 0.05) is 12.7 Å². The van der Waals surface area contributed by atoms with Crippen LogP contribution in [-0.4, -0.2) is 58.4 Å². The molecular weight excluding hydrogens is 350 g/mol. The van der Waals surface area contributed by atoms with Gasteiger partial charge in [-0.15, -0.1) is 11.8 Å². The number of nitrogens with zero attached hydrogens (tertiary/aromatic N) is 3. The highest BCUT2D eigenvalue weighted by Crippen LogP contribution is 2.28. The number of allylic oxidation sites excluding steroid dienone is 1. The molecule has 1 aromatic rings. The van der Waals surface area contributed by atoms with Crippen molar-refractivity contribution >= 4 is 41.0 Å². The zero-order chi connectivity index (χ0) is 18.7. The number of hydrogen-bond donors (Lipinski definition) is 0. The van der Waals surface area contributed by atoms with E-state index in [9.17, 15) is 14.4 Å². The Morgan fingerprint density at radius 3 is 2.69 bits per heavy atom. The second-order valence-corrected chi connectivity index (χ2v) is 7.26. The van der Waals surface area contributed by atoms with Crippen molar-refractivity contribution in [2.45, 2.75) is 25.0 Å². The minimum Gasteiger partial charge on any atom is -0.312 e. The Balaban J connectivity index is 1.85. The van der Waals surface area contributed by atoms with Crippen LogP contribution >= 0.6 is 11.8 Å². The maximum atomic E-state index is 12.9. The van der Waals surface area contributed by atoms with E-state index in [0.717, 1.165) is 18.5 Å². The van der Waals surface area contributed by atoms with E-state index in [1.807, 2.05) is 42.7 Å². The second-order valence-electron chi connectivity index (χ2n) is 6.24. The summed E-state index contributed by atoms with van der Waals surface area (Å²) >= 11 is 1.38. The van der Waals surface area contributed by atoms with E-state index < -0.39 is 11.3 Å². The van der Waals surface area contributed by atoms with Crippen LogP contribution in [-0.2, 0) is 9.59 Å². The van der Waals surface area contributed by atoms with Crippen LogP contribution in [0.4, 0.5) is 10.5 Å². The van der Waals surface area contributed by atoms with Crippen LogP contribution in [0.1, 0.15) is 19.8 Å². The summed E-state index contributed by atoms with van der Waals surface area (Å²) in [6.45, 7) is 2.31. The molecule has 1 aromatic carbocycles. The van der Waals surface area contributed by atoms with Crippen LogP contribution in [0.5, 0.6) is 0 Å². The molecule has 26 heavy (non-hydrogen) atoms. The molecule has 0 aliphatic carbocycles. The van der Waals surface area contributed by atoms with E-state index in [0.29, 0.717) is 12.3 Å². The number of rotatable bonds is 6. The SMILES string of the molecule is CCCCN1C(=O)C2SC=CC2=[N+](CC(=O)N(C)c2ccccc2)C1=O. The normalized spacial score (nSPS) is 19.2. The summed E-state index contributed by atoms with van der Waals surface area (Å²) in [7, 11) is 1.69. The second kappa shape index (κ2) is 7.86. The van der Waals surface area contributed by atoms with Crippen LogP contribution in [0.15, 0.2) is 41.8 Å². The highest BCUT2D eigenvalue weighted by molar-refractivity contribution is 8.04. The van der Waals surface area contributed by atoms with E-state index in [1.54, 1.807) is 13.1 Å². The molecule has 2 aliphatic rings. The highest BCUT2D eigenvalue weighted by atomic mass is 32.2. The average Bonchev–Trinajstić information content (AvgIpc) is 3.15. The van der Waals surface area contributed by atoms with E-state index in [1.165, 1.54) is 26.1 Å². The first-order chi connectivity index (χ1) is 12.5. The van der Waals surface area contributed by atoms with Gasteiger partial charge in [-0.2, -0.15) is 14.3 Å². The van der Waals surface area contributed by atoms with Crippen LogP contribution in [0.2, 0.25) is 0 Å². The van der Waals surface area contributed by atoms with Gasteiger partial charge in [-0.25, -0.2) is 4.79 Å². The number of thioether (sulfide) groups is 1. The van der Waals surface area contributed by atoms with Crippen LogP contribution < -0.4 is 4.90 Å². The fraction of sp³-hybridized carbons (Fsp3) is 0.368. The Bertz CT molecular complexity index is 788. The molecule has 0 N–H and O–H groups in total. The van der Waals surface area contributed by atoms with Gasteiger partial charge in [0.2, 0.25) is 0 Å². The number of benzene rings is 1. The van der Waals surface area contributed by atoms with Gasteiger partial charge in [0.05, 0.1) is 6.54 Å². The van der Waals surface area contributed by atoms with Gasteiger partial charge >= 0.3 is 11.9 Å². The lowest BCUT2D eigenvalue weighted by molar-refractivity contribution is -0.426. The smallest absolute Gasteiger partial charge is 0.312 e. The zero-order valence-corrected chi connectivity index (χ0v) is 15.7. The van der Waals surface area contributed by atoms with Crippen molar-refractivity contribution in [3.05, 3.63) is 41.8 Å². The van der Waals surface area contributed by atoms with Crippen LogP contribution in [0, 0.1) is 0 Å². The minimum absolute atomic E-state index is 0.0864. The zero-order valence-electron chi connectivity index (χ0n) is 14.9. The number of hydrogen-bond acceptors (Lipinski definition) is 4. The molecule has 0 fully saturated rings. The number of urea groups is 1. The molecule has 1 atom stereocenters. The van der Waals surface area contributed by atoms with Crippen molar-refractivity contribution in [2.24, 2.45) is 0 Å². The Kier molecular flexibility index (Phi) is 5.56. The van der Waals surface area contributed by atoms with Crippen molar-refractivity contribution in [1.82, 2.24) is 4.90 Å². The van der Waals surface area contributed by atoms with Gasteiger partial charge in [-0.05, 0) is 30.0 Å². The van der Waals surface area contributed by atoms with Crippen molar-refractivity contribution in [1.29, 1.82) is 0 Å². The van der Waals surface area contributed by atoms with Crippen LogP contribution in [0.3, 0.4) is 0 Å². The third kappa shape index (κ3) is 3.44. The molecule has 0 aromatic heterocycles.